The summed E-state index contributed by atoms with van der Waals surface area (Å²) in [5.74, 6) is -0.341. The Morgan fingerprint density at radius 1 is 1.41 bits per heavy atom. The van der Waals surface area contributed by atoms with E-state index in [0.29, 0.717) is 10.2 Å². The maximum atomic E-state index is 13.2. The molecule has 17 heavy (non-hydrogen) atoms. The second-order valence-corrected chi connectivity index (χ2v) is 5.50. The highest BCUT2D eigenvalue weighted by Gasteiger charge is 2.05. The van der Waals surface area contributed by atoms with E-state index in [1.54, 1.807) is 17.4 Å². The summed E-state index contributed by atoms with van der Waals surface area (Å²) in [6.07, 6.45) is 0.937. The van der Waals surface area contributed by atoms with Crippen molar-refractivity contribution in [3.05, 3.63) is 44.8 Å². The molecular formula is C12H12BrFN2S. The van der Waals surface area contributed by atoms with Crippen LogP contribution < -0.4 is 11.1 Å². The molecule has 2 nitrogen and oxygen atoms in total. The van der Waals surface area contributed by atoms with Gasteiger partial charge >= 0.3 is 0 Å². The third-order valence-corrected chi connectivity index (χ3v) is 3.90. The van der Waals surface area contributed by atoms with Gasteiger partial charge in [0, 0.05) is 17.5 Å². The highest BCUT2D eigenvalue weighted by atomic mass is 79.9. The topological polar surface area (TPSA) is 38.0 Å². The quantitative estimate of drug-likeness (QED) is 0.840. The van der Waals surface area contributed by atoms with Gasteiger partial charge in [-0.3, -0.25) is 0 Å². The highest BCUT2D eigenvalue weighted by molar-refractivity contribution is 9.10. The van der Waals surface area contributed by atoms with Crippen LogP contribution in [0.5, 0.6) is 0 Å². The molecule has 0 saturated carbocycles. The van der Waals surface area contributed by atoms with E-state index in [2.05, 4.69) is 32.7 Å². The van der Waals surface area contributed by atoms with Gasteiger partial charge in [0.05, 0.1) is 15.8 Å². The second kappa shape index (κ2) is 5.51. The molecule has 1 aromatic heterocycles. The van der Waals surface area contributed by atoms with Crippen LogP contribution in [-0.4, -0.2) is 6.54 Å². The minimum absolute atomic E-state index is 0.341. The van der Waals surface area contributed by atoms with E-state index in [1.807, 2.05) is 6.07 Å². The SMILES string of the molecule is Nc1cc(F)c(Br)cc1NCCc1cccs1. The Kier molecular flexibility index (Phi) is 4.02. The molecule has 5 heteroatoms. The fourth-order valence-electron chi connectivity index (χ4n) is 1.49. The minimum atomic E-state index is -0.341. The zero-order valence-electron chi connectivity index (χ0n) is 9.04. The Morgan fingerprint density at radius 3 is 2.94 bits per heavy atom. The number of nitrogens with one attached hydrogen (secondary N) is 1. The first kappa shape index (κ1) is 12.4. The first-order chi connectivity index (χ1) is 8.16. The number of nitrogen functional groups attached to an aromatic ring is 1. The van der Waals surface area contributed by atoms with Crippen molar-refractivity contribution >= 4 is 38.6 Å². The van der Waals surface area contributed by atoms with Gasteiger partial charge in [0.2, 0.25) is 0 Å². The second-order valence-electron chi connectivity index (χ2n) is 3.61. The molecule has 2 rings (SSSR count). The molecule has 90 valence electrons. The van der Waals surface area contributed by atoms with Crippen LogP contribution in [0.2, 0.25) is 0 Å². The number of anilines is 2. The van der Waals surface area contributed by atoms with Gasteiger partial charge in [-0.1, -0.05) is 6.07 Å². The number of rotatable bonds is 4. The molecule has 0 aliphatic rings. The van der Waals surface area contributed by atoms with Gasteiger partial charge in [0.1, 0.15) is 5.82 Å². The molecule has 0 unspecified atom stereocenters. The van der Waals surface area contributed by atoms with E-state index in [-0.39, 0.29) is 5.82 Å². The van der Waals surface area contributed by atoms with E-state index in [9.17, 15) is 4.39 Å². The number of halogens is 2. The van der Waals surface area contributed by atoms with Gasteiger partial charge in [0.15, 0.2) is 0 Å². The molecule has 0 aliphatic heterocycles. The third kappa shape index (κ3) is 3.20. The number of hydrogen-bond donors (Lipinski definition) is 2. The maximum absolute atomic E-state index is 13.2. The molecule has 0 saturated heterocycles. The molecular weight excluding hydrogens is 303 g/mol. The summed E-state index contributed by atoms with van der Waals surface area (Å²) < 4.78 is 13.6. The van der Waals surface area contributed by atoms with Gasteiger partial charge < -0.3 is 11.1 Å². The van der Waals surface area contributed by atoms with Crippen LogP contribution in [0.1, 0.15) is 4.88 Å². The van der Waals surface area contributed by atoms with Crippen LogP contribution in [0, 0.1) is 5.82 Å². The lowest BCUT2D eigenvalue weighted by molar-refractivity contribution is 0.622. The Balaban J connectivity index is 1.97. The first-order valence-corrected chi connectivity index (χ1v) is 6.85. The standard InChI is InChI=1S/C12H12BrFN2S/c13-9-6-12(11(15)7-10(9)14)16-4-3-8-2-1-5-17-8/h1-2,5-7,16H,3-4,15H2. The molecule has 3 N–H and O–H groups in total. The molecule has 1 heterocycles. The minimum Gasteiger partial charge on any atom is -0.397 e. The predicted molar refractivity (Wildman–Crippen MR) is 75.0 cm³/mol. The molecule has 0 atom stereocenters. The summed E-state index contributed by atoms with van der Waals surface area (Å²) in [6.45, 7) is 0.781. The lowest BCUT2D eigenvalue weighted by Crippen LogP contribution is -2.06. The van der Waals surface area contributed by atoms with Gasteiger partial charge in [-0.15, -0.1) is 11.3 Å². The summed E-state index contributed by atoms with van der Waals surface area (Å²) in [7, 11) is 0. The van der Waals surface area contributed by atoms with Gasteiger partial charge in [0.25, 0.3) is 0 Å². The van der Waals surface area contributed by atoms with Crippen molar-refractivity contribution in [1.82, 2.24) is 0 Å². The molecule has 0 spiro atoms. The molecule has 0 amide bonds. The average molecular weight is 315 g/mol. The molecule has 0 radical (unpaired) electrons. The number of nitrogens with two attached hydrogens (primary N) is 1. The molecule has 1 aromatic carbocycles. The third-order valence-electron chi connectivity index (χ3n) is 2.36. The van der Waals surface area contributed by atoms with Crippen LogP contribution in [0.25, 0.3) is 0 Å². The smallest absolute Gasteiger partial charge is 0.139 e. The summed E-state index contributed by atoms with van der Waals surface area (Å²) in [4.78, 5) is 1.32. The molecule has 0 bridgehead atoms. The van der Waals surface area contributed by atoms with Crippen molar-refractivity contribution in [2.24, 2.45) is 0 Å². The van der Waals surface area contributed by atoms with Crippen LogP contribution in [0.15, 0.2) is 34.1 Å². The summed E-state index contributed by atoms with van der Waals surface area (Å²) in [5.41, 5.74) is 6.92. The van der Waals surface area contributed by atoms with E-state index in [1.165, 1.54) is 10.9 Å². The van der Waals surface area contributed by atoms with Gasteiger partial charge in [-0.2, -0.15) is 0 Å². The number of hydrogen-bond acceptors (Lipinski definition) is 3. The maximum Gasteiger partial charge on any atom is 0.139 e. The molecule has 0 fully saturated rings. The van der Waals surface area contributed by atoms with Crippen LogP contribution in [0.4, 0.5) is 15.8 Å². The Bertz CT molecular complexity index is 499. The van der Waals surface area contributed by atoms with Crippen molar-refractivity contribution < 1.29 is 4.39 Å². The van der Waals surface area contributed by atoms with Crippen LogP contribution in [-0.2, 0) is 6.42 Å². The summed E-state index contributed by atoms with van der Waals surface area (Å²) >= 11 is 4.87. The molecule has 2 aromatic rings. The normalized spacial score (nSPS) is 10.5. The first-order valence-electron chi connectivity index (χ1n) is 5.17. The van der Waals surface area contributed by atoms with Crippen LogP contribution >= 0.6 is 27.3 Å². The Labute approximate surface area is 112 Å². The largest absolute Gasteiger partial charge is 0.397 e. The van der Waals surface area contributed by atoms with Crippen molar-refractivity contribution in [2.75, 3.05) is 17.6 Å². The summed E-state index contributed by atoms with van der Waals surface area (Å²) in [5, 5.41) is 5.26. The Morgan fingerprint density at radius 2 is 2.24 bits per heavy atom. The van der Waals surface area contributed by atoms with Crippen molar-refractivity contribution in [3.63, 3.8) is 0 Å². The Hall–Kier alpha value is -1.07. The number of benzene rings is 1. The fourth-order valence-corrected chi connectivity index (χ4v) is 2.54. The average Bonchev–Trinajstić information content (AvgIpc) is 2.78. The predicted octanol–water partition coefficient (Wildman–Crippen LogP) is 3.89. The van der Waals surface area contributed by atoms with Gasteiger partial charge in [-0.05, 0) is 39.9 Å². The summed E-state index contributed by atoms with van der Waals surface area (Å²) in [6, 6.07) is 7.11. The van der Waals surface area contributed by atoms with Crippen molar-refractivity contribution in [1.29, 1.82) is 0 Å². The molecule has 0 aliphatic carbocycles. The zero-order chi connectivity index (χ0) is 12.3. The van der Waals surface area contributed by atoms with E-state index in [0.717, 1.165) is 18.7 Å². The van der Waals surface area contributed by atoms with E-state index < -0.39 is 0 Å². The lowest BCUT2D eigenvalue weighted by Gasteiger charge is -2.09. The number of thiophene rings is 1. The van der Waals surface area contributed by atoms with Crippen LogP contribution in [0.3, 0.4) is 0 Å². The zero-order valence-corrected chi connectivity index (χ0v) is 11.4. The van der Waals surface area contributed by atoms with E-state index in [4.69, 9.17) is 5.73 Å². The van der Waals surface area contributed by atoms with E-state index >= 15 is 0 Å². The van der Waals surface area contributed by atoms with Crippen molar-refractivity contribution in [2.45, 2.75) is 6.42 Å². The van der Waals surface area contributed by atoms with Gasteiger partial charge in [-0.25, -0.2) is 4.39 Å². The monoisotopic (exact) mass is 314 g/mol. The fraction of sp³-hybridized carbons (Fsp3) is 0.167. The van der Waals surface area contributed by atoms with Crippen molar-refractivity contribution in [3.8, 4) is 0 Å². The lowest BCUT2D eigenvalue weighted by atomic mass is 10.2. The highest BCUT2D eigenvalue weighted by Crippen LogP contribution is 2.26.